The van der Waals surface area contributed by atoms with E-state index in [4.69, 9.17) is 0 Å². The van der Waals surface area contributed by atoms with Crippen molar-refractivity contribution < 1.29 is 27.6 Å². The second-order valence-corrected chi connectivity index (χ2v) is 10.7. The molecule has 2 N–H and O–H groups in total. The Morgan fingerprint density at radius 2 is 1.73 bits per heavy atom. The van der Waals surface area contributed by atoms with Gasteiger partial charge in [0.15, 0.2) is 0 Å². The van der Waals surface area contributed by atoms with Crippen LogP contribution in [0.5, 0.6) is 0 Å². The van der Waals surface area contributed by atoms with Gasteiger partial charge in [0, 0.05) is 19.0 Å². The van der Waals surface area contributed by atoms with E-state index in [1.165, 1.54) is 34.1 Å². The lowest BCUT2D eigenvalue weighted by molar-refractivity contribution is -0.138. The van der Waals surface area contributed by atoms with Gasteiger partial charge in [-0.2, -0.15) is 13.2 Å². The third-order valence-corrected chi connectivity index (χ3v) is 8.04. The molecule has 0 saturated heterocycles. The van der Waals surface area contributed by atoms with Crippen molar-refractivity contribution in [1.82, 2.24) is 20.4 Å². The summed E-state index contributed by atoms with van der Waals surface area (Å²) in [6.45, 7) is 3.66. The molecule has 216 valence electrons. The highest BCUT2D eigenvalue weighted by molar-refractivity contribution is 6.03. The average Bonchev–Trinajstić information content (AvgIpc) is 3.30. The van der Waals surface area contributed by atoms with Gasteiger partial charge in [-0.3, -0.25) is 14.5 Å². The van der Waals surface area contributed by atoms with Crippen LogP contribution < -0.4 is 10.6 Å². The smallest absolute Gasteiger partial charge is 0.352 e. The van der Waals surface area contributed by atoms with Gasteiger partial charge >= 0.3 is 12.2 Å². The fourth-order valence-corrected chi connectivity index (χ4v) is 6.05. The maximum absolute atomic E-state index is 14.2. The van der Waals surface area contributed by atoms with Crippen molar-refractivity contribution in [3.8, 4) is 0 Å². The van der Waals surface area contributed by atoms with E-state index in [0.717, 1.165) is 43.7 Å². The summed E-state index contributed by atoms with van der Waals surface area (Å²) in [5.41, 5.74) is -0.00191. The van der Waals surface area contributed by atoms with E-state index in [9.17, 15) is 27.6 Å². The van der Waals surface area contributed by atoms with Gasteiger partial charge in [-0.15, -0.1) is 6.58 Å². The largest absolute Gasteiger partial charge is 0.416 e. The number of hydrogen-bond acceptors (Lipinski definition) is 3. The quantitative estimate of drug-likeness (QED) is 0.436. The van der Waals surface area contributed by atoms with E-state index < -0.39 is 35.8 Å². The highest BCUT2D eigenvalue weighted by Gasteiger charge is 2.48. The Labute approximate surface area is 237 Å². The van der Waals surface area contributed by atoms with Crippen molar-refractivity contribution in [2.75, 3.05) is 13.1 Å². The molecule has 4 amide bonds. The van der Waals surface area contributed by atoms with Gasteiger partial charge in [-0.1, -0.05) is 73.9 Å². The second kappa shape index (κ2) is 11.8. The zero-order chi connectivity index (χ0) is 29.1. The van der Waals surface area contributed by atoms with Crippen LogP contribution in [0.2, 0.25) is 0 Å². The first-order valence-corrected chi connectivity index (χ1v) is 13.9. The SMILES string of the molecule is C=CCN1C(=O)N[C@H](c2ccccc2C(F)(F)F)C2=C1CN([C@@H](Cc1ccccc1)C(=O)NC1CCCCC1)C2=O. The number of hydrogen-bond donors (Lipinski definition) is 2. The first kappa shape index (κ1) is 28.4. The third-order valence-electron chi connectivity index (χ3n) is 8.04. The molecule has 2 aromatic carbocycles. The van der Waals surface area contributed by atoms with Crippen molar-refractivity contribution in [3.05, 3.63) is 95.2 Å². The lowest BCUT2D eigenvalue weighted by Gasteiger charge is -2.33. The topological polar surface area (TPSA) is 81.8 Å². The Morgan fingerprint density at radius 1 is 1.05 bits per heavy atom. The lowest BCUT2D eigenvalue weighted by Crippen LogP contribution is -2.52. The van der Waals surface area contributed by atoms with Crippen LogP contribution in [0, 0.1) is 0 Å². The number of amides is 4. The highest BCUT2D eigenvalue weighted by Crippen LogP contribution is 2.42. The summed E-state index contributed by atoms with van der Waals surface area (Å²) in [4.78, 5) is 43.8. The molecule has 2 aromatic rings. The van der Waals surface area contributed by atoms with Crippen molar-refractivity contribution in [1.29, 1.82) is 0 Å². The molecule has 41 heavy (non-hydrogen) atoms. The summed E-state index contributed by atoms with van der Waals surface area (Å²) >= 11 is 0. The van der Waals surface area contributed by atoms with E-state index in [0.29, 0.717) is 0 Å². The normalized spacial score (nSPS) is 20.5. The Bertz CT molecular complexity index is 1350. The van der Waals surface area contributed by atoms with Gasteiger partial charge < -0.3 is 15.5 Å². The molecule has 0 bridgehead atoms. The summed E-state index contributed by atoms with van der Waals surface area (Å²) in [5, 5.41) is 5.74. The van der Waals surface area contributed by atoms with Gasteiger partial charge in [0.2, 0.25) is 5.91 Å². The highest BCUT2D eigenvalue weighted by atomic mass is 19.4. The average molecular weight is 567 g/mol. The van der Waals surface area contributed by atoms with Crippen LogP contribution in [-0.4, -0.2) is 52.8 Å². The maximum atomic E-state index is 14.2. The standard InChI is InChI=1S/C31H33F3N4O3/c1-2-17-37-25-19-38(24(18-20-11-5-3-6-12-20)28(39)35-21-13-7-4-8-14-21)29(40)26(25)27(36-30(37)41)22-15-9-10-16-23(22)31(32,33)34/h2-3,5-6,9-12,15-16,21,24,27H,1,4,7-8,13-14,17-19H2,(H,35,39)(H,36,41)/t24-,27+/m0/s1. The van der Waals surface area contributed by atoms with Crippen molar-refractivity contribution in [3.63, 3.8) is 0 Å². The van der Waals surface area contributed by atoms with Gasteiger partial charge in [0.25, 0.3) is 5.91 Å². The fraction of sp³-hybridized carbons (Fsp3) is 0.387. The van der Waals surface area contributed by atoms with E-state index >= 15 is 0 Å². The first-order chi connectivity index (χ1) is 19.7. The van der Waals surface area contributed by atoms with Crippen LogP contribution in [0.15, 0.2) is 78.5 Å². The van der Waals surface area contributed by atoms with Crippen LogP contribution in [0.25, 0.3) is 0 Å². The zero-order valence-electron chi connectivity index (χ0n) is 22.6. The molecule has 2 atom stereocenters. The lowest BCUT2D eigenvalue weighted by atomic mass is 9.91. The Balaban J connectivity index is 1.54. The minimum atomic E-state index is -4.70. The van der Waals surface area contributed by atoms with Crippen LogP contribution in [0.4, 0.5) is 18.0 Å². The van der Waals surface area contributed by atoms with Gasteiger partial charge in [0.05, 0.1) is 29.4 Å². The fourth-order valence-electron chi connectivity index (χ4n) is 6.05. The Morgan fingerprint density at radius 3 is 2.41 bits per heavy atom. The van der Waals surface area contributed by atoms with Gasteiger partial charge in [0.1, 0.15) is 6.04 Å². The van der Waals surface area contributed by atoms with Crippen LogP contribution in [0.3, 0.4) is 0 Å². The van der Waals surface area contributed by atoms with Crippen molar-refractivity contribution in [2.45, 2.75) is 62.8 Å². The number of halogens is 3. The van der Waals surface area contributed by atoms with E-state index in [1.54, 1.807) is 0 Å². The number of carbonyl (C=O) groups is 3. The molecule has 1 aliphatic carbocycles. The molecular formula is C31H33F3N4O3. The van der Waals surface area contributed by atoms with E-state index in [2.05, 4.69) is 17.2 Å². The molecule has 0 aromatic heterocycles. The molecular weight excluding hydrogens is 533 g/mol. The minimum Gasteiger partial charge on any atom is -0.352 e. The van der Waals surface area contributed by atoms with Gasteiger partial charge in [-0.25, -0.2) is 4.79 Å². The summed E-state index contributed by atoms with van der Waals surface area (Å²) in [6, 6.07) is 11.3. The molecule has 5 rings (SSSR count). The summed E-state index contributed by atoms with van der Waals surface area (Å²) in [5.74, 6) is -0.883. The number of urea groups is 1. The monoisotopic (exact) mass is 566 g/mol. The number of alkyl halides is 3. The number of rotatable bonds is 8. The summed E-state index contributed by atoms with van der Waals surface area (Å²) < 4.78 is 42.0. The molecule has 10 heteroatoms. The molecule has 0 spiro atoms. The third kappa shape index (κ3) is 5.87. The van der Waals surface area contributed by atoms with Gasteiger partial charge in [-0.05, 0) is 30.0 Å². The Hall–Kier alpha value is -4.08. The predicted octanol–water partition coefficient (Wildman–Crippen LogP) is 5.11. The van der Waals surface area contributed by atoms with E-state index in [-0.39, 0.29) is 48.3 Å². The molecule has 1 fully saturated rings. The maximum Gasteiger partial charge on any atom is 0.416 e. The number of nitrogens with zero attached hydrogens (tertiary/aromatic N) is 2. The molecule has 0 radical (unpaired) electrons. The second-order valence-electron chi connectivity index (χ2n) is 10.7. The molecule has 7 nitrogen and oxygen atoms in total. The minimum absolute atomic E-state index is 0.00160. The first-order valence-electron chi connectivity index (χ1n) is 13.9. The molecule has 2 heterocycles. The molecule has 0 unspecified atom stereocenters. The summed E-state index contributed by atoms with van der Waals surface area (Å²) in [7, 11) is 0. The van der Waals surface area contributed by atoms with E-state index in [1.807, 2.05) is 30.3 Å². The molecule has 2 aliphatic heterocycles. The molecule has 3 aliphatic rings. The van der Waals surface area contributed by atoms with Crippen LogP contribution in [0.1, 0.15) is 54.8 Å². The number of benzene rings is 2. The van der Waals surface area contributed by atoms with Crippen molar-refractivity contribution >= 4 is 17.8 Å². The predicted molar refractivity (Wildman–Crippen MR) is 147 cm³/mol. The zero-order valence-corrected chi connectivity index (χ0v) is 22.6. The number of nitrogens with one attached hydrogen (secondary N) is 2. The van der Waals surface area contributed by atoms with Crippen LogP contribution in [-0.2, 0) is 22.2 Å². The molecule has 1 saturated carbocycles. The summed E-state index contributed by atoms with van der Waals surface area (Å²) in [6.07, 6.45) is 1.85. The van der Waals surface area contributed by atoms with Crippen molar-refractivity contribution in [2.24, 2.45) is 0 Å². The number of carbonyl (C=O) groups excluding carboxylic acids is 3. The van der Waals surface area contributed by atoms with Crippen LogP contribution >= 0.6 is 0 Å². The Kier molecular flexibility index (Phi) is 8.19.